The van der Waals surface area contributed by atoms with Crippen LogP contribution in [0.2, 0.25) is 0 Å². The second kappa shape index (κ2) is 6.53. The van der Waals surface area contributed by atoms with E-state index in [0.29, 0.717) is 31.3 Å². The van der Waals surface area contributed by atoms with Gasteiger partial charge in [-0.3, -0.25) is 9.59 Å². The molecule has 1 saturated heterocycles. The Kier molecular flexibility index (Phi) is 5.10. The van der Waals surface area contributed by atoms with Crippen molar-refractivity contribution in [3.05, 3.63) is 35.9 Å². The summed E-state index contributed by atoms with van der Waals surface area (Å²) < 4.78 is 0. The Hall–Kier alpha value is -1.16. The highest BCUT2D eigenvalue weighted by Gasteiger charge is 2.43. The second-order valence-corrected chi connectivity index (χ2v) is 7.61. The quantitative estimate of drug-likeness (QED) is 0.768. The summed E-state index contributed by atoms with van der Waals surface area (Å²) in [5.41, 5.74) is 0.244. The van der Waals surface area contributed by atoms with E-state index in [-0.39, 0.29) is 17.1 Å². The van der Waals surface area contributed by atoms with Crippen molar-refractivity contribution in [1.29, 1.82) is 0 Å². The van der Waals surface area contributed by atoms with Gasteiger partial charge >= 0.3 is 0 Å². The van der Waals surface area contributed by atoms with Gasteiger partial charge in [0.25, 0.3) is 0 Å². The number of halogens is 1. The van der Waals surface area contributed by atoms with Gasteiger partial charge in [-0.25, -0.2) is 0 Å². The minimum Gasteiger partial charge on any atom is -0.342 e. The molecule has 0 bridgehead atoms. The zero-order valence-electron chi connectivity index (χ0n) is 13.6. The van der Waals surface area contributed by atoms with Gasteiger partial charge in [-0.1, -0.05) is 67.0 Å². The molecule has 4 heteroatoms. The highest BCUT2D eigenvalue weighted by Crippen LogP contribution is 2.38. The molecular weight excluding hydrogens is 342 g/mol. The molecule has 0 N–H and O–H groups in total. The minimum absolute atomic E-state index is 0.167. The molecule has 0 aromatic heterocycles. The first-order valence-electron chi connectivity index (χ1n) is 7.75. The predicted octanol–water partition coefficient (Wildman–Crippen LogP) is 3.56. The lowest BCUT2D eigenvalue weighted by molar-refractivity contribution is -0.142. The number of rotatable bonds is 3. The molecule has 1 aliphatic heterocycles. The summed E-state index contributed by atoms with van der Waals surface area (Å²) in [6.07, 6.45) is 1.40. The van der Waals surface area contributed by atoms with Gasteiger partial charge in [0, 0.05) is 18.5 Å². The van der Waals surface area contributed by atoms with E-state index in [1.807, 2.05) is 56.0 Å². The van der Waals surface area contributed by atoms with E-state index in [2.05, 4.69) is 15.9 Å². The zero-order chi connectivity index (χ0) is 16.4. The molecule has 0 saturated carbocycles. The van der Waals surface area contributed by atoms with Gasteiger partial charge in [0.05, 0.1) is 10.7 Å². The van der Waals surface area contributed by atoms with Gasteiger partial charge < -0.3 is 4.90 Å². The lowest BCUT2D eigenvalue weighted by atomic mass is 9.70. The van der Waals surface area contributed by atoms with Crippen LogP contribution in [-0.4, -0.2) is 35.0 Å². The van der Waals surface area contributed by atoms with Crippen LogP contribution in [0.15, 0.2) is 30.3 Å². The highest BCUT2D eigenvalue weighted by atomic mass is 79.9. The third kappa shape index (κ3) is 3.27. The van der Waals surface area contributed by atoms with Crippen LogP contribution < -0.4 is 0 Å². The maximum Gasteiger partial charge on any atom is 0.227 e. The summed E-state index contributed by atoms with van der Waals surface area (Å²) >= 11 is 3.33. The van der Waals surface area contributed by atoms with E-state index in [1.54, 1.807) is 0 Å². The summed E-state index contributed by atoms with van der Waals surface area (Å²) in [4.78, 5) is 27.0. The molecule has 0 spiro atoms. The number of amides is 1. The molecule has 1 heterocycles. The Morgan fingerprint density at radius 2 is 1.68 bits per heavy atom. The SMILES string of the molecule is CC(C)(C)C(=O)N1CCC(C(=O)CBr)(c2ccccc2)CC1. The summed E-state index contributed by atoms with van der Waals surface area (Å²) in [5, 5.41) is 0.356. The van der Waals surface area contributed by atoms with Gasteiger partial charge in [-0.05, 0) is 18.4 Å². The first-order valence-corrected chi connectivity index (χ1v) is 8.87. The smallest absolute Gasteiger partial charge is 0.227 e. The Morgan fingerprint density at radius 1 is 1.14 bits per heavy atom. The predicted molar refractivity (Wildman–Crippen MR) is 92.2 cm³/mol. The fourth-order valence-corrected chi connectivity index (χ4v) is 3.72. The van der Waals surface area contributed by atoms with Crippen LogP contribution in [0.4, 0.5) is 0 Å². The number of benzene rings is 1. The van der Waals surface area contributed by atoms with E-state index in [1.165, 1.54) is 0 Å². The number of piperidine rings is 1. The Labute approximate surface area is 141 Å². The fraction of sp³-hybridized carbons (Fsp3) is 0.556. The van der Waals surface area contributed by atoms with Gasteiger partial charge in [0.2, 0.25) is 5.91 Å². The molecule has 1 fully saturated rings. The van der Waals surface area contributed by atoms with Crippen molar-refractivity contribution >= 4 is 27.6 Å². The summed E-state index contributed by atoms with van der Waals surface area (Å²) in [6.45, 7) is 7.11. The van der Waals surface area contributed by atoms with E-state index >= 15 is 0 Å². The van der Waals surface area contributed by atoms with Crippen LogP contribution in [0.3, 0.4) is 0 Å². The standard InChI is InChI=1S/C18H24BrNO2/c1-17(2,3)16(22)20-11-9-18(10-12-20,15(21)13-19)14-7-5-4-6-8-14/h4-8H,9-13H2,1-3H3. The largest absolute Gasteiger partial charge is 0.342 e. The number of ketones is 1. The van der Waals surface area contributed by atoms with Gasteiger partial charge in [0.15, 0.2) is 5.78 Å². The monoisotopic (exact) mass is 365 g/mol. The lowest BCUT2D eigenvalue weighted by Crippen LogP contribution is -2.51. The molecule has 0 unspecified atom stereocenters. The topological polar surface area (TPSA) is 37.4 Å². The van der Waals surface area contributed by atoms with Crippen molar-refractivity contribution in [3.63, 3.8) is 0 Å². The number of nitrogens with zero attached hydrogens (tertiary/aromatic N) is 1. The van der Waals surface area contributed by atoms with E-state index in [0.717, 1.165) is 5.56 Å². The van der Waals surface area contributed by atoms with Crippen molar-refractivity contribution in [2.75, 3.05) is 18.4 Å². The van der Waals surface area contributed by atoms with Crippen LogP contribution in [-0.2, 0) is 15.0 Å². The van der Waals surface area contributed by atoms with Crippen molar-refractivity contribution in [2.24, 2.45) is 5.41 Å². The van der Waals surface area contributed by atoms with Crippen molar-refractivity contribution < 1.29 is 9.59 Å². The van der Waals surface area contributed by atoms with Crippen LogP contribution in [0.1, 0.15) is 39.2 Å². The molecule has 0 radical (unpaired) electrons. The summed E-state index contributed by atoms with van der Waals surface area (Å²) in [5.74, 6) is 0.377. The molecule has 3 nitrogen and oxygen atoms in total. The van der Waals surface area contributed by atoms with E-state index in [9.17, 15) is 9.59 Å². The van der Waals surface area contributed by atoms with Gasteiger partial charge in [-0.15, -0.1) is 0 Å². The molecule has 0 atom stereocenters. The number of alkyl halides is 1. The number of Topliss-reactive ketones (excluding diaryl/α,β-unsaturated/α-hetero) is 1. The number of hydrogen-bond donors (Lipinski definition) is 0. The number of carbonyl (C=O) groups is 2. The molecule has 0 aliphatic carbocycles. The summed E-state index contributed by atoms with van der Waals surface area (Å²) in [6, 6.07) is 9.98. The fourth-order valence-electron chi connectivity index (χ4n) is 3.18. The molecule has 120 valence electrons. The average molecular weight is 366 g/mol. The van der Waals surface area contributed by atoms with Gasteiger partial charge in [-0.2, -0.15) is 0 Å². The molecule has 2 rings (SSSR count). The molecule has 1 aromatic carbocycles. The number of likely N-dealkylation sites (tertiary alicyclic amines) is 1. The van der Waals surface area contributed by atoms with E-state index < -0.39 is 5.41 Å². The third-order valence-electron chi connectivity index (χ3n) is 4.53. The van der Waals surface area contributed by atoms with Crippen molar-refractivity contribution in [1.82, 2.24) is 4.90 Å². The molecule has 1 amide bonds. The van der Waals surface area contributed by atoms with Crippen LogP contribution >= 0.6 is 15.9 Å². The van der Waals surface area contributed by atoms with Gasteiger partial charge in [0.1, 0.15) is 0 Å². The Morgan fingerprint density at radius 3 is 2.14 bits per heavy atom. The van der Waals surface area contributed by atoms with Crippen LogP contribution in [0.5, 0.6) is 0 Å². The Bertz CT molecular complexity index is 540. The Balaban J connectivity index is 2.23. The third-order valence-corrected chi connectivity index (χ3v) is 5.04. The highest BCUT2D eigenvalue weighted by molar-refractivity contribution is 9.09. The first kappa shape index (κ1) is 17.2. The van der Waals surface area contributed by atoms with Crippen LogP contribution in [0.25, 0.3) is 0 Å². The van der Waals surface area contributed by atoms with Crippen LogP contribution in [0, 0.1) is 5.41 Å². The average Bonchev–Trinajstić information content (AvgIpc) is 2.53. The molecule has 22 heavy (non-hydrogen) atoms. The van der Waals surface area contributed by atoms with Crippen molar-refractivity contribution in [2.45, 2.75) is 39.0 Å². The number of hydrogen-bond acceptors (Lipinski definition) is 2. The second-order valence-electron chi connectivity index (χ2n) is 7.05. The van der Waals surface area contributed by atoms with E-state index in [4.69, 9.17) is 0 Å². The maximum atomic E-state index is 12.6. The zero-order valence-corrected chi connectivity index (χ0v) is 15.1. The molecule has 1 aromatic rings. The van der Waals surface area contributed by atoms with Crippen molar-refractivity contribution in [3.8, 4) is 0 Å². The molecule has 1 aliphatic rings. The summed E-state index contributed by atoms with van der Waals surface area (Å²) in [7, 11) is 0. The minimum atomic E-state index is -0.459. The number of carbonyl (C=O) groups excluding carboxylic acids is 2. The maximum absolute atomic E-state index is 12.6. The first-order chi connectivity index (χ1) is 10.3. The lowest BCUT2D eigenvalue weighted by Gasteiger charge is -2.42. The molecular formula is C18H24BrNO2. The normalized spacial score (nSPS) is 18.1.